The van der Waals surface area contributed by atoms with E-state index in [4.69, 9.17) is 5.11 Å². The minimum Gasteiger partial charge on any atom is -0.479 e. The number of aliphatic hydroxyl groups excluding tert-OH is 1. The number of rotatable bonds is 2. The summed E-state index contributed by atoms with van der Waals surface area (Å²) in [7, 11) is 0. The Morgan fingerprint density at radius 1 is 1.54 bits per heavy atom. The third-order valence-corrected chi connectivity index (χ3v) is 3.03. The summed E-state index contributed by atoms with van der Waals surface area (Å²) in [4.78, 5) is 10.5. The molecule has 0 aromatic heterocycles. The molecule has 0 heterocycles. The van der Waals surface area contributed by atoms with Gasteiger partial charge in [-0.2, -0.15) is 0 Å². The van der Waals surface area contributed by atoms with E-state index < -0.39 is 17.7 Å². The number of carbonyl (C=O) groups is 1. The molecule has 4 heteroatoms. The maximum absolute atomic E-state index is 10.5. The lowest BCUT2D eigenvalue weighted by molar-refractivity contribution is -0.175. The zero-order valence-corrected chi connectivity index (χ0v) is 7.73. The van der Waals surface area contributed by atoms with Crippen LogP contribution in [-0.2, 0) is 4.79 Å². The van der Waals surface area contributed by atoms with Gasteiger partial charge in [-0.25, -0.2) is 4.79 Å². The van der Waals surface area contributed by atoms with Gasteiger partial charge in [-0.3, -0.25) is 0 Å². The van der Waals surface area contributed by atoms with Crippen LogP contribution < -0.4 is 0 Å². The van der Waals surface area contributed by atoms with E-state index in [-0.39, 0.29) is 5.92 Å². The van der Waals surface area contributed by atoms with Gasteiger partial charge in [0.25, 0.3) is 0 Å². The van der Waals surface area contributed by atoms with E-state index in [0.717, 1.165) is 19.3 Å². The normalized spacial score (nSPS) is 37.0. The summed E-state index contributed by atoms with van der Waals surface area (Å²) in [5.41, 5.74) is -1.43. The molecule has 1 aliphatic carbocycles. The zero-order valence-electron chi connectivity index (χ0n) is 7.73. The predicted octanol–water partition coefficient (Wildman–Crippen LogP) is 0.373. The van der Waals surface area contributed by atoms with Gasteiger partial charge in [0, 0.05) is 0 Å². The van der Waals surface area contributed by atoms with Gasteiger partial charge >= 0.3 is 5.97 Å². The van der Waals surface area contributed by atoms with E-state index in [1.165, 1.54) is 0 Å². The number of hydrogen-bond donors (Lipinski definition) is 3. The van der Waals surface area contributed by atoms with Gasteiger partial charge < -0.3 is 15.3 Å². The van der Waals surface area contributed by atoms with E-state index >= 15 is 0 Å². The zero-order chi connectivity index (χ0) is 10.1. The average Bonchev–Trinajstić information content (AvgIpc) is 2.09. The molecule has 0 saturated heterocycles. The molecule has 1 fully saturated rings. The molecule has 0 aliphatic heterocycles. The monoisotopic (exact) mass is 188 g/mol. The molecule has 4 nitrogen and oxygen atoms in total. The lowest BCUT2D eigenvalue weighted by Gasteiger charge is -2.39. The van der Waals surface area contributed by atoms with Crippen molar-refractivity contribution in [2.75, 3.05) is 0 Å². The van der Waals surface area contributed by atoms with Crippen molar-refractivity contribution in [3.63, 3.8) is 0 Å². The van der Waals surface area contributed by atoms with Crippen molar-refractivity contribution in [3.8, 4) is 0 Å². The van der Waals surface area contributed by atoms with Gasteiger partial charge in [-0.15, -0.1) is 0 Å². The van der Waals surface area contributed by atoms with Crippen LogP contribution in [-0.4, -0.2) is 33.0 Å². The standard InChI is InChI=1S/C9H16O4/c1-6-4-2-3-5-9(6,13)7(10)8(11)12/h6-7,10,13H,2-5H2,1H3,(H,11,12)/t6-,7-,9-/m0/s1. The fraction of sp³-hybridized carbons (Fsp3) is 0.889. The van der Waals surface area contributed by atoms with Gasteiger partial charge in [0.15, 0.2) is 6.10 Å². The van der Waals surface area contributed by atoms with Crippen LogP contribution in [0.3, 0.4) is 0 Å². The SMILES string of the molecule is C[C@H]1CCCC[C@@]1(O)[C@@H](O)C(=O)O. The lowest BCUT2D eigenvalue weighted by Crippen LogP contribution is -2.53. The Morgan fingerprint density at radius 2 is 2.15 bits per heavy atom. The highest BCUT2D eigenvalue weighted by Crippen LogP contribution is 2.36. The van der Waals surface area contributed by atoms with Gasteiger partial charge in [-0.05, 0) is 18.8 Å². The summed E-state index contributed by atoms with van der Waals surface area (Å²) in [6.07, 6.45) is 1.28. The minimum absolute atomic E-state index is 0.146. The predicted molar refractivity (Wildman–Crippen MR) is 46.2 cm³/mol. The summed E-state index contributed by atoms with van der Waals surface area (Å²) >= 11 is 0. The van der Waals surface area contributed by atoms with Crippen LogP contribution >= 0.6 is 0 Å². The molecule has 76 valence electrons. The fourth-order valence-electron chi connectivity index (χ4n) is 1.98. The molecule has 0 spiro atoms. The molecule has 0 bridgehead atoms. The van der Waals surface area contributed by atoms with Crippen molar-refractivity contribution in [1.82, 2.24) is 0 Å². The fourth-order valence-corrected chi connectivity index (χ4v) is 1.98. The molecule has 0 unspecified atom stereocenters. The maximum Gasteiger partial charge on any atom is 0.335 e. The molecule has 0 amide bonds. The Morgan fingerprint density at radius 3 is 2.62 bits per heavy atom. The van der Waals surface area contributed by atoms with Crippen molar-refractivity contribution < 1.29 is 20.1 Å². The van der Waals surface area contributed by atoms with Crippen LogP contribution in [0.4, 0.5) is 0 Å². The van der Waals surface area contributed by atoms with Crippen molar-refractivity contribution in [3.05, 3.63) is 0 Å². The minimum atomic E-state index is -1.65. The van der Waals surface area contributed by atoms with Gasteiger partial charge in [0.1, 0.15) is 5.60 Å². The van der Waals surface area contributed by atoms with Crippen LogP contribution in [0.2, 0.25) is 0 Å². The molecule has 1 rings (SSSR count). The van der Waals surface area contributed by atoms with Gasteiger partial charge in [0.05, 0.1) is 0 Å². The number of carboxylic acids is 1. The third-order valence-electron chi connectivity index (χ3n) is 3.03. The number of aliphatic hydroxyl groups is 2. The molecule has 13 heavy (non-hydrogen) atoms. The Hall–Kier alpha value is -0.610. The molecular weight excluding hydrogens is 172 g/mol. The highest BCUT2D eigenvalue weighted by atomic mass is 16.4. The molecule has 0 aromatic carbocycles. The number of hydrogen-bond acceptors (Lipinski definition) is 3. The highest BCUT2D eigenvalue weighted by Gasteiger charge is 2.45. The first kappa shape index (κ1) is 10.5. The van der Waals surface area contributed by atoms with Crippen molar-refractivity contribution in [2.24, 2.45) is 5.92 Å². The number of carboxylic acid groups (broad SMARTS) is 1. The smallest absolute Gasteiger partial charge is 0.335 e. The molecule has 1 saturated carbocycles. The topological polar surface area (TPSA) is 77.8 Å². The summed E-state index contributed by atoms with van der Waals surface area (Å²) < 4.78 is 0. The summed E-state index contributed by atoms with van der Waals surface area (Å²) in [5.74, 6) is -1.48. The van der Waals surface area contributed by atoms with Crippen molar-refractivity contribution in [1.29, 1.82) is 0 Å². The Kier molecular flexibility index (Phi) is 2.93. The summed E-state index contributed by atoms with van der Waals surface area (Å²) in [6, 6.07) is 0. The van der Waals surface area contributed by atoms with Crippen LogP contribution in [0.25, 0.3) is 0 Å². The van der Waals surface area contributed by atoms with E-state index in [1.807, 2.05) is 0 Å². The highest BCUT2D eigenvalue weighted by molar-refractivity contribution is 5.73. The molecule has 3 atom stereocenters. The average molecular weight is 188 g/mol. The van der Waals surface area contributed by atoms with E-state index in [9.17, 15) is 15.0 Å². The summed E-state index contributed by atoms with van der Waals surface area (Å²) in [6.45, 7) is 1.78. The Bertz CT molecular complexity index is 204. The third kappa shape index (κ3) is 1.84. The second kappa shape index (κ2) is 3.64. The molecule has 3 N–H and O–H groups in total. The first-order valence-corrected chi connectivity index (χ1v) is 4.61. The largest absolute Gasteiger partial charge is 0.479 e. The molecular formula is C9H16O4. The second-order valence-corrected chi connectivity index (χ2v) is 3.88. The van der Waals surface area contributed by atoms with Crippen molar-refractivity contribution >= 4 is 5.97 Å². The van der Waals surface area contributed by atoms with Gasteiger partial charge in [0.2, 0.25) is 0 Å². The first-order valence-electron chi connectivity index (χ1n) is 4.61. The molecule has 0 radical (unpaired) electrons. The van der Waals surface area contributed by atoms with E-state index in [0.29, 0.717) is 6.42 Å². The first-order chi connectivity index (χ1) is 5.98. The molecule has 0 aromatic rings. The number of aliphatic carboxylic acids is 1. The van der Waals surface area contributed by atoms with Crippen LogP contribution in [0.1, 0.15) is 32.6 Å². The Balaban J connectivity index is 2.77. The van der Waals surface area contributed by atoms with Crippen LogP contribution in [0.5, 0.6) is 0 Å². The second-order valence-electron chi connectivity index (χ2n) is 3.88. The van der Waals surface area contributed by atoms with Crippen LogP contribution in [0.15, 0.2) is 0 Å². The van der Waals surface area contributed by atoms with Crippen molar-refractivity contribution in [2.45, 2.75) is 44.3 Å². The van der Waals surface area contributed by atoms with E-state index in [1.54, 1.807) is 6.92 Å². The quantitative estimate of drug-likeness (QED) is 0.585. The maximum atomic E-state index is 10.5. The Labute approximate surface area is 77.2 Å². The summed E-state index contributed by atoms with van der Waals surface area (Å²) in [5, 5.41) is 27.9. The lowest BCUT2D eigenvalue weighted by atomic mass is 9.73. The van der Waals surface area contributed by atoms with Gasteiger partial charge in [-0.1, -0.05) is 19.8 Å². The van der Waals surface area contributed by atoms with E-state index in [2.05, 4.69) is 0 Å². The molecule has 1 aliphatic rings. The van der Waals surface area contributed by atoms with Crippen LogP contribution in [0, 0.1) is 5.92 Å².